The van der Waals surface area contributed by atoms with E-state index in [0.29, 0.717) is 10.8 Å². The summed E-state index contributed by atoms with van der Waals surface area (Å²) in [5, 5.41) is 18.3. The van der Waals surface area contributed by atoms with Gasteiger partial charge >= 0.3 is 0 Å². The van der Waals surface area contributed by atoms with Crippen LogP contribution in [0, 0.1) is 11.2 Å². The van der Waals surface area contributed by atoms with Crippen LogP contribution in [0.1, 0.15) is 0 Å². The molecule has 0 spiro atoms. The number of nitrogens with zero attached hydrogens (tertiary/aromatic N) is 3. The SMILES string of the molecule is CN(CC(=O)Nc1ccc(Oc2c(Cl)cccc2Cl)c(F)c1)C(COc1ccccc1Cl)C(=N)N=NN. The first-order valence-electron chi connectivity index (χ1n) is 10.7. The number of hydrogen-bond acceptors (Lipinski definition) is 6. The maximum atomic E-state index is 14.7. The van der Waals surface area contributed by atoms with E-state index in [9.17, 15) is 9.18 Å². The van der Waals surface area contributed by atoms with Gasteiger partial charge in [0.2, 0.25) is 5.91 Å². The third-order valence-corrected chi connectivity index (χ3v) is 5.89. The normalized spacial score (nSPS) is 11.9. The molecule has 37 heavy (non-hydrogen) atoms. The number of nitrogens with two attached hydrogens (primary N) is 1. The number of ether oxygens (including phenoxy) is 2. The van der Waals surface area contributed by atoms with Gasteiger partial charge in [0.05, 0.1) is 21.6 Å². The summed E-state index contributed by atoms with van der Waals surface area (Å²) in [7, 11) is 1.59. The van der Waals surface area contributed by atoms with Crippen LogP contribution in [0.2, 0.25) is 15.1 Å². The topological polar surface area (TPSA) is 125 Å². The molecule has 3 aromatic rings. The summed E-state index contributed by atoms with van der Waals surface area (Å²) < 4.78 is 25.9. The van der Waals surface area contributed by atoms with Crippen molar-refractivity contribution in [1.82, 2.24) is 4.90 Å². The van der Waals surface area contributed by atoms with Crippen molar-refractivity contribution in [3.8, 4) is 17.2 Å². The van der Waals surface area contributed by atoms with Crippen LogP contribution in [0.5, 0.6) is 17.2 Å². The number of halogens is 4. The Morgan fingerprint density at radius 1 is 1.08 bits per heavy atom. The number of amidine groups is 1. The largest absolute Gasteiger partial charge is 0.490 e. The average molecular weight is 568 g/mol. The highest BCUT2D eigenvalue weighted by atomic mass is 35.5. The van der Waals surface area contributed by atoms with Crippen LogP contribution in [0.3, 0.4) is 0 Å². The molecule has 0 bridgehead atoms. The first-order valence-corrected chi connectivity index (χ1v) is 11.8. The zero-order valence-electron chi connectivity index (χ0n) is 19.4. The quantitative estimate of drug-likeness (QED) is 0.0884. The molecule has 0 saturated carbocycles. The summed E-state index contributed by atoms with van der Waals surface area (Å²) in [5.41, 5.74) is 0.189. The van der Waals surface area contributed by atoms with Gasteiger partial charge in [0.15, 0.2) is 23.2 Å². The highest BCUT2D eigenvalue weighted by Crippen LogP contribution is 2.37. The Hall–Kier alpha value is -3.44. The lowest BCUT2D eigenvalue weighted by atomic mass is 10.2. The molecule has 4 N–H and O–H groups in total. The minimum atomic E-state index is -0.790. The number of nitrogens with one attached hydrogen (secondary N) is 2. The van der Waals surface area contributed by atoms with Gasteiger partial charge in [-0.25, -0.2) is 4.39 Å². The minimum absolute atomic E-state index is 0.0589. The highest BCUT2D eigenvalue weighted by Gasteiger charge is 2.24. The molecule has 194 valence electrons. The smallest absolute Gasteiger partial charge is 0.238 e. The lowest BCUT2D eigenvalue weighted by Gasteiger charge is -2.26. The van der Waals surface area contributed by atoms with Crippen LogP contribution in [0.25, 0.3) is 0 Å². The van der Waals surface area contributed by atoms with Crippen molar-refractivity contribution in [2.45, 2.75) is 6.04 Å². The lowest BCUT2D eigenvalue weighted by molar-refractivity contribution is -0.117. The summed E-state index contributed by atoms with van der Waals surface area (Å²) in [4.78, 5) is 14.2. The summed E-state index contributed by atoms with van der Waals surface area (Å²) in [6.45, 7) is -0.245. The number of rotatable bonds is 10. The van der Waals surface area contributed by atoms with E-state index in [1.54, 1.807) is 49.5 Å². The van der Waals surface area contributed by atoms with Crippen molar-refractivity contribution in [3.05, 3.63) is 81.5 Å². The van der Waals surface area contributed by atoms with Gasteiger partial charge < -0.3 is 20.6 Å². The zero-order valence-corrected chi connectivity index (χ0v) is 21.7. The second-order valence-corrected chi connectivity index (χ2v) is 8.84. The number of carbonyl (C=O) groups excluding carboxylic acids is 1. The zero-order chi connectivity index (χ0) is 26.9. The summed E-state index contributed by atoms with van der Waals surface area (Å²) in [5.74, 6) is 4.04. The number of likely N-dealkylation sites (N-methyl/N-ethyl adjacent to an activating group) is 1. The number of amides is 1. The van der Waals surface area contributed by atoms with Crippen molar-refractivity contribution in [1.29, 1.82) is 5.41 Å². The third kappa shape index (κ3) is 7.77. The molecule has 1 atom stereocenters. The van der Waals surface area contributed by atoms with Crippen LogP contribution in [-0.2, 0) is 4.79 Å². The van der Waals surface area contributed by atoms with Crippen molar-refractivity contribution in [2.75, 3.05) is 25.5 Å². The van der Waals surface area contributed by atoms with Gasteiger partial charge in [-0.15, -0.1) is 5.11 Å². The Morgan fingerprint density at radius 2 is 1.76 bits per heavy atom. The van der Waals surface area contributed by atoms with E-state index in [2.05, 4.69) is 15.7 Å². The summed E-state index contributed by atoms with van der Waals surface area (Å²) >= 11 is 18.3. The molecular formula is C24H22Cl3FN6O3. The van der Waals surface area contributed by atoms with Crippen LogP contribution in [-0.4, -0.2) is 42.9 Å². The highest BCUT2D eigenvalue weighted by molar-refractivity contribution is 6.37. The first kappa shape index (κ1) is 28.1. The minimum Gasteiger partial charge on any atom is -0.490 e. The van der Waals surface area contributed by atoms with Gasteiger partial charge in [-0.3, -0.25) is 15.1 Å². The molecule has 0 heterocycles. The number of carbonyl (C=O) groups is 1. The Morgan fingerprint density at radius 3 is 2.41 bits per heavy atom. The molecule has 1 unspecified atom stereocenters. The van der Waals surface area contributed by atoms with Crippen LogP contribution >= 0.6 is 34.8 Å². The fourth-order valence-corrected chi connectivity index (χ4v) is 3.83. The average Bonchev–Trinajstić information content (AvgIpc) is 2.84. The maximum absolute atomic E-state index is 14.7. The summed E-state index contributed by atoms with van der Waals surface area (Å²) in [6, 6.07) is 14.7. The third-order valence-electron chi connectivity index (χ3n) is 4.99. The van der Waals surface area contributed by atoms with Crippen molar-refractivity contribution in [2.24, 2.45) is 16.2 Å². The molecule has 0 aliphatic carbocycles. The Bertz CT molecular complexity index is 1290. The number of hydrogen-bond donors (Lipinski definition) is 3. The van der Waals surface area contributed by atoms with Gasteiger partial charge in [0.1, 0.15) is 18.4 Å². The predicted octanol–water partition coefficient (Wildman–Crippen LogP) is 6.20. The molecule has 3 rings (SSSR count). The molecule has 9 nitrogen and oxygen atoms in total. The molecule has 13 heteroatoms. The number of benzene rings is 3. The van der Waals surface area contributed by atoms with Crippen LogP contribution in [0.15, 0.2) is 71.0 Å². The fraction of sp³-hybridized carbons (Fsp3) is 0.167. The molecule has 1 amide bonds. The Labute approximate surface area is 227 Å². The fourth-order valence-electron chi connectivity index (χ4n) is 3.16. The van der Waals surface area contributed by atoms with Gasteiger partial charge in [-0.05, 0) is 43.4 Å². The Kier molecular flexibility index (Phi) is 10.0. The standard InChI is InChI=1S/C24H22Cl3FN6O3/c1-34(19(24(29)32-33-30)13-36-20-8-3-2-5-15(20)25)12-22(35)31-14-9-10-21(18(28)11-14)37-23-16(26)6-4-7-17(23)27/h2-11,19H,12-13H2,1H3,(H,31,35)(H3,29,30,32). The molecule has 0 aliphatic heterocycles. The lowest BCUT2D eigenvalue weighted by Crippen LogP contribution is -2.45. The van der Waals surface area contributed by atoms with Crippen molar-refractivity contribution in [3.63, 3.8) is 0 Å². The van der Waals surface area contributed by atoms with Crippen LogP contribution < -0.4 is 20.6 Å². The van der Waals surface area contributed by atoms with Crippen LogP contribution in [0.4, 0.5) is 10.1 Å². The van der Waals surface area contributed by atoms with Gasteiger partial charge in [0.25, 0.3) is 0 Å². The van der Waals surface area contributed by atoms with E-state index in [-0.39, 0.29) is 46.2 Å². The van der Waals surface area contributed by atoms with E-state index in [1.165, 1.54) is 17.0 Å². The molecule has 0 fully saturated rings. The van der Waals surface area contributed by atoms with E-state index in [4.69, 9.17) is 55.5 Å². The Balaban J connectivity index is 1.65. The number of anilines is 1. The molecule has 0 saturated heterocycles. The summed E-state index contributed by atoms with van der Waals surface area (Å²) in [6.07, 6.45) is 0. The van der Waals surface area contributed by atoms with E-state index in [0.717, 1.165) is 6.07 Å². The van der Waals surface area contributed by atoms with E-state index < -0.39 is 17.8 Å². The van der Waals surface area contributed by atoms with Gasteiger partial charge in [0, 0.05) is 11.8 Å². The molecule has 3 aromatic carbocycles. The molecule has 0 aliphatic rings. The second kappa shape index (κ2) is 13.2. The number of para-hydroxylation sites is 2. The van der Waals surface area contributed by atoms with Gasteiger partial charge in [-0.1, -0.05) is 58.2 Å². The monoisotopic (exact) mass is 566 g/mol. The van der Waals surface area contributed by atoms with Crippen molar-refractivity contribution < 1.29 is 18.7 Å². The van der Waals surface area contributed by atoms with E-state index >= 15 is 0 Å². The first-order chi connectivity index (χ1) is 17.7. The second-order valence-electron chi connectivity index (χ2n) is 7.62. The van der Waals surface area contributed by atoms with E-state index in [1.807, 2.05) is 0 Å². The van der Waals surface area contributed by atoms with Gasteiger partial charge in [-0.2, -0.15) is 0 Å². The maximum Gasteiger partial charge on any atom is 0.238 e. The predicted molar refractivity (Wildman–Crippen MR) is 142 cm³/mol. The van der Waals surface area contributed by atoms with Crippen molar-refractivity contribution >= 4 is 52.2 Å². The molecular weight excluding hydrogens is 546 g/mol. The molecule has 0 radical (unpaired) electrons. The molecule has 0 aromatic heterocycles.